The fraction of sp³-hybridized carbons (Fsp3) is 0.217. The SMILES string of the molecule is C=CCN=c1scc(-c2ccc(C)c(C)c2)n1N=C(C)c1ccc(OC)cc1O. The van der Waals surface area contributed by atoms with E-state index in [0.29, 0.717) is 23.6 Å². The van der Waals surface area contributed by atoms with Gasteiger partial charge >= 0.3 is 0 Å². The lowest BCUT2D eigenvalue weighted by atomic mass is 10.1. The summed E-state index contributed by atoms with van der Waals surface area (Å²) >= 11 is 1.53. The van der Waals surface area contributed by atoms with Crippen LogP contribution in [0.2, 0.25) is 0 Å². The molecule has 150 valence electrons. The molecule has 2 aromatic carbocycles. The number of rotatable bonds is 6. The highest BCUT2D eigenvalue weighted by Gasteiger charge is 2.11. The molecule has 5 nitrogen and oxygen atoms in total. The maximum atomic E-state index is 10.4. The molecule has 29 heavy (non-hydrogen) atoms. The molecule has 0 radical (unpaired) electrons. The number of hydrogen-bond acceptors (Lipinski definition) is 5. The molecule has 0 atom stereocenters. The number of ether oxygens (including phenoxy) is 1. The van der Waals surface area contributed by atoms with Crippen molar-refractivity contribution in [1.82, 2.24) is 4.68 Å². The third kappa shape index (κ3) is 4.49. The summed E-state index contributed by atoms with van der Waals surface area (Å²) in [6.07, 6.45) is 1.76. The number of aromatic hydroxyl groups is 1. The van der Waals surface area contributed by atoms with Gasteiger partial charge in [0.15, 0.2) is 0 Å². The quantitative estimate of drug-likeness (QED) is 0.466. The van der Waals surface area contributed by atoms with Crippen LogP contribution in [0.3, 0.4) is 0 Å². The number of aryl methyl sites for hydroxylation is 2. The fourth-order valence-corrected chi connectivity index (χ4v) is 3.74. The topological polar surface area (TPSA) is 59.1 Å². The van der Waals surface area contributed by atoms with Gasteiger partial charge in [-0.25, -0.2) is 4.68 Å². The van der Waals surface area contributed by atoms with Gasteiger partial charge in [-0.3, -0.25) is 4.99 Å². The van der Waals surface area contributed by atoms with Crippen molar-refractivity contribution in [2.45, 2.75) is 20.8 Å². The normalized spacial score (nSPS) is 12.3. The molecule has 1 N–H and O–H groups in total. The van der Waals surface area contributed by atoms with E-state index in [0.717, 1.165) is 16.1 Å². The fourth-order valence-electron chi connectivity index (χ4n) is 2.89. The van der Waals surface area contributed by atoms with E-state index >= 15 is 0 Å². The van der Waals surface area contributed by atoms with Gasteiger partial charge in [0.2, 0.25) is 4.80 Å². The number of hydrogen-bond donors (Lipinski definition) is 1. The zero-order chi connectivity index (χ0) is 21.0. The highest BCUT2D eigenvalue weighted by Crippen LogP contribution is 2.26. The monoisotopic (exact) mass is 407 g/mol. The van der Waals surface area contributed by atoms with Gasteiger partial charge in [0.05, 0.1) is 25.1 Å². The molecular weight excluding hydrogens is 382 g/mol. The van der Waals surface area contributed by atoms with E-state index in [-0.39, 0.29) is 5.75 Å². The van der Waals surface area contributed by atoms with Crippen LogP contribution in [0.4, 0.5) is 0 Å². The molecule has 0 saturated heterocycles. The summed E-state index contributed by atoms with van der Waals surface area (Å²) < 4.78 is 7.00. The summed E-state index contributed by atoms with van der Waals surface area (Å²) in [5.41, 5.74) is 5.81. The molecule has 1 aromatic heterocycles. The number of thiazole rings is 1. The van der Waals surface area contributed by atoms with Crippen LogP contribution in [0.1, 0.15) is 23.6 Å². The molecular formula is C23H25N3O2S. The Morgan fingerprint density at radius 1 is 1.21 bits per heavy atom. The minimum atomic E-state index is 0.124. The summed E-state index contributed by atoms with van der Waals surface area (Å²) in [6.45, 7) is 10.3. The molecule has 0 aliphatic carbocycles. The van der Waals surface area contributed by atoms with Crippen LogP contribution in [0.5, 0.6) is 11.5 Å². The second-order valence-electron chi connectivity index (χ2n) is 6.71. The Labute approximate surface area is 175 Å². The Kier molecular flexibility index (Phi) is 6.34. The highest BCUT2D eigenvalue weighted by atomic mass is 32.1. The average molecular weight is 408 g/mol. The van der Waals surface area contributed by atoms with Crippen molar-refractivity contribution in [3.05, 3.63) is 75.9 Å². The average Bonchev–Trinajstić information content (AvgIpc) is 3.10. The molecule has 0 unspecified atom stereocenters. The molecule has 0 spiro atoms. The summed E-state index contributed by atoms with van der Waals surface area (Å²) in [5.74, 6) is 0.721. The van der Waals surface area contributed by atoms with Crippen LogP contribution < -0.4 is 9.54 Å². The molecule has 0 saturated carbocycles. The molecule has 6 heteroatoms. The lowest BCUT2D eigenvalue weighted by Gasteiger charge is -2.10. The number of phenols is 1. The first-order valence-corrected chi connectivity index (χ1v) is 10.1. The largest absolute Gasteiger partial charge is 0.507 e. The van der Waals surface area contributed by atoms with Crippen molar-refractivity contribution in [3.8, 4) is 22.8 Å². The molecule has 1 heterocycles. The second-order valence-corrected chi connectivity index (χ2v) is 7.55. The predicted octanol–water partition coefficient (Wildman–Crippen LogP) is 4.91. The van der Waals surface area contributed by atoms with Crippen LogP contribution in [0.15, 0.2) is 64.5 Å². The van der Waals surface area contributed by atoms with Crippen molar-refractivity contribution in [2.24, 2.45) is 10.1 Å². The number of aromatic nitrogens is 1. The van der Waals surface area contributed by atoms with Gasteiger partial charge in [-0.15, -0.1) is 17.9 Å². The predicted molar refractivity (Wildman–Crippen MR) is 120 cm³/mol. The first kappa shape index (κ1) is 20.6. The third-order valence-electron chi connectivity index (χ3n) is 4.69. The first-order valence-electron chi connectivity index (χ1n) is 9.27. The van der Waals surface area contributed by atoms with Crippen LogP contribution in [0.25, 0.3) is 11.3 Å². The van der Waals surface area contributed by atoms with E-state index < -0.39 is 0 Å². The van der Waals surface area contributed by atoms with Gasteiger partial charge in [-0.2, -0.15) is 5.10 Å². The zero-order valence-electron chi connectivity index (χ0n) is 17.1. The summed E-state index contributed by atoms with van der Waals surface area (Å²) in [7, 11) is 1.57. The van der Waals surface area contributed by atoms with E-state index in [1.54, 1.807) is 31.4 Å². The van der Waals surface area contributed by atoms with Crippen molar-refractivity contribution >= 4 is 17.0 Å². The molecule has 0 aliphatic heterocycles. The van der Waals surface area contributed by atoms with Gasteiger partial charge in [0, 0.05) is 22.6 Å². The lowest BCUT2D eigenvalue weighted by Crippen LogP contribution is -2.14. The number of phenolic OH excluding ortho intramolecular Hbond substituents is 1. The lowest BCUT2D eigenvalue weighted by molar-refractivity contribution is 0.407. The van der Waals surface area contributed by atoms with Crippen LogP contribution in [0, 0.1) is 13.8 Å². The Morgan fingerprint density at radius 2 is 2.00 bits per heavy atom. The highest BCUT2D eigenvalue weighted by molar-refractivity contribution is 7.07. The number of benzene rings is 2. The van der Waals surface area contributed by atoms with Crippen molar-refractivity contribution in [3.63, 3.8) is 0 Å². The van der Waals surface area contributed by atoms with Gasteiger partial charge in [-0.05, 0) is 50.1 Å². The van der Waals surface area contributed by atoms with Crippen molar-refractivity contribution in [2.75, 3.05) is 13.7 Å². The number of methoxy groups -OCH3 is 1. The summed E-state index contributed by atoms with van der Waals surface area (Å²) in [6, 6.07) is 11.5. The van der Waals surface area contributed by atoms with Crippen LogP contribution in [-0.2, 0) is 0 Å². The summed E-state index contributed by atoms with van der Waals surface area (Å²) in [4.78, 5) is 5.35. The smallest absolute Gasteiger partial charge is 0.206 e. The van der Waals surface area contributed by atoms with Gasteiger partial charge in [0.1, 0.15) is 11.5 Å². The Bertz CT molecular complexity index is 1140. The van der Waals surface area contributed by atoms with E-state index in [1.807, 2.05) is 11.6 Å². The van der Waals surface area contributed by atoms with Gasteiger partial charge in [-0.1, -0.05) is 18.2 Å². The Morgan fingerprint density at radius 3 is 2.66 bits per heavy atom. The maximum absolute atomic E-state index is 10.4. The standard InChI is InChI=1S/C23H25N3O2S/c1-6-11-24-23-26(21(14-29-23)18-8-7-15(2)16(3)12-18)25-17(4)20-10-9-19(28-5)13-22(20)27/h6-10,12-14,27H,1,11H2,2-5H3. The minimum Gasteiger partial charge on any atom is -0.507 e. The van der Waals surface area contributed by atoms with Crippen LogP contribution in [-0.4, -0.2) is 29.1 Å². The Hall–Kier alpha value is -3.12. The number of nitrogens with zero attached hydrogens (tertiary/aromatic N) is 3. The van der Waals surface area contributed by atoms with Gasteiger partial charge < -0.3 is 9.84 Å². The van der Waals surface area contributed by atoms with Crippen molar-refractivity contribution < 1.29 is 9.84 Å². The van der Waals surface area contributed by atoms with Crippen LogP contribution >= 0.6 is 11.3 Å². The molecule has 0 bridgehead atoms. The second kappa shape index (κ2) is 8.92. The van der Waals surface area contributed by atoms with E-state index in [4.69, 9.17) is 9.84 Å². The summed E-state index contributed by atoms with van der Waals surface area (Å²) in [5, 5.41) is 17.2. The van der Waals surface area contributed by atoms with E-state index in [2.05, 4.69) is 49.0 Å². The Balaban J connectivity index is 2.16. The maximum Gasteiger partial charge on any atom is 0.206 e. The minimum absolute atomic E-state index is 0.124. The zero-order valence-corrected chi connectivity index (χ0v) is 18.0. The molecule has 0 fully saturated rings. The molecule has 3 rings (SSSR count). The molecule has 0 amide bonds. The first-order chi connectivity index (χ1) is 13.9. The molecule has 0 aliphatic rings. The van der Waals surface area contributed by atoms with E-state index in [9.17, 15) is 5.11 Å². The van der Waals surface area contributed by atoms with E-state index in [1.165, 1.54) is 22.5 Å². The third-order valence-corrected chi connectivity index (χ3v) is 5.54. The van der Waals surface area contributed by atoms with Gasteiger partial charge in [0.25, 0.3) is 0 Å². The molecule has 3 aromatic rings. The van der Waals surface area contributed by atoms with Crippen molar-refractivity contribution in [1.29, 1.82) is 0 Å².